The summed E-state index contributed by atoms with van der Waals surface area (Å²) < 4.78 is 1.63. The van der Waals surface area contributed by atoms with Crippen molar-refractivity contribution in [3.05, 3.63) is 29.8 Å². The number of ketones is 1. The molecule has 5 nitrogen and oxygen atoms in total. The Morgan fingerprint density at radius 3 is 3.14 bits per heavy atom. The van der Waals surface area contributed by atoms with Gasteiger partial charge in [-0.2, -0.15) is 5.10 Å². The van der Waals surface area contributed by atoms with Crippen molar-refractivity contribution >= 4 is 11.3 Å². The summed E-state index contributed by atoms with van der Waals surface area (Å²) >= 11 is 0. The van der Waals surface area contributed by atoms with Crippen molar-refractivity contribution in [2.45, 2.75) is 6.92 Å². The fourth-order valence-electron chi connectivity index (χ4n) is 1.38. The standard InChI is InChI=1S/C9H10N4O/c1-6-12-9(8(14)5-10)7-3-2-4-11-13(6)7/h2-4H,5,10H2,1H3. The zero-order chi connectivity index (χ0) is 10.1. The lowest BCUT2D eigenvalue weighted by Gasteiger charge is -1.93. The Balaban J connectivity index is 2.72. The predicted molar refractivity (Wildman–Crippen MR) is 51.1 cm³/mol. The van der Waals surface area contributed by atoms with Crippen LogP contribution in [0.3, 0.4) is 0 Å². The second-order valence-corrected chi connectivity index (χ2v) is 2.96. The van der Waals surface area contributed by atoms with Crippen molar-refractivity contribution in [3.8, 4) is 0 Å². The highest BCUT2D eigenvalue weighted by atomic mass is 16.1. The lowest BCUT2D eigenvalue weighted by Crippen LogP contribution is -2.14. The predicted octanol–water partition coefficient (Wildman–Crippen LogP) is 0.179. The Morgan fingerprint density at radius 2 is 2.43 bits per heavy atom. The first-order valence-electron chi connectivity index (χ1n) is 4.27. The summed E-state index contributed by atoms with van der Waals surface area (Å²) in [5.41, 5.74) is 6.39. The Morgan fingerprint density at radius 1 is 1.64 bits per heavy atom. The van der Waals surface area contributed by atoms with E-state index >= 15 is 0 Å². The van der Waals surface area contributed by atoms with E-state index in [1.54, 1.807) is 29.8 Å². The molecule has 14 heavy (non-hydrogen) atoms. The Kier molecular flexibility index (Phi) is 2.01. The Hall–Kier alpha value is -1.75. The highest BCUT2D eigenvalue weighted by Gasteiger charge is 2.13. The van der Waals surface area contributed by atoms with Gasteiger partial charge in [0.05, 0.1) is 12.1 Å². The summed E-state index contributed by atoms with van der Waals surface area (Å²) in [5.74, 6) is 0.529. The van der Waals surface area contributed by atoms with E-state index in [1.807, 2.05) is 0 Å². The van der Waals surface area contributed by atoms with Crippen molar-refractivity contribution in [2.75, 3.05) is 6.54 Å². The Labute approximate surface area is 80.6 Å². The highest BCUT2D eigenvalue weighted by Crippen LogP contribution is 2.10. The van der Waals surface area contributed by atoms with Gasteiger partial charge in [0.15, 0.2) is 5.78 Å². The van der Waals surface area contributed by atoms with Crippen LogP contribution < -0.4 is 5.73 Å². The van der Waals surface area contributed by atoms with E-state index in [9.17, 15) is 4.79 Å². The second kappa shape index (κ2) is 3.19. The normalized spacial score (nSPS) is 10.7. The summed E-state index contributed by atoms with van der Waals surface area (Å²) in [7, 11) is 0. The molecular weight excluding hydrogens is 180 g/mol. The molecule has 0 fully saturated rings. The molecule has 0 bridgehead atoms. The molecule has 0 aliphatic rings. The molecule has 0 aromatic carbocycles. The first-order valence-corrected chi connectivity index (χ1v) is 4.27. The molecule has 2 rings (SSSR count). The van der Waals surface area contributed by atoms with Crippen molar-refractivity contribution < 1.29 is 4.79 Å². The van der Waals surface area contributed by atoms with Crippen LogP contribution in [-0.2, 0) is 0 Å². The van der Waals surface area contributed by atoms with Gasteiger partial charge in [-0.05, 0) is 19.1 Å². The van der Waals surface area contributed by atoms with Gasteiger partial charge in [-0.25, -0.2) is 9.50 Å². The monoisotopic (exact) mass is 190 g/mol. The quantitative estimate of drug-likeness (QED) is 0.685. The minimum Gasteiger partial charge on any atom is -0.324 e. The van der Waals surface area contributed by atoms with Crippen LogP contribution in [0.25, 0.3) is 5.52 Å². The zero-order valence-electron chi connectivity index (χ0n) is 7.77. The number of carbonyl (C=O) groups excluding carboxylic acids is 1. The van der Waals surface area contributed by atoms with Crippen LogP contribution in [0.4, 0.5) is 0 Å². The van der Waals surface area contributed by atoms with E-state index in [4.69, 9.17) is 5.73 Å². The molecule has 2 aromatic heterocycles. The smallest absolute Gasteiger partial charge is 0.196 e. The van der Waals surface area contributed by atoms with Gasteiger partial charge in [0, 0.05) is 6.20 Å². The number of hydrogen-bond acceptors (Lipinski definition) is 4. The second-order valence-electron chi connectivity index (χ2n) is 2.96. The Bertz CT molecular complexity index is 489. The molecule has 0 saturated carbocycles. The minimum absolute atomic E-state index is 0.0268. The largest absolute Gasteiger partial charge is 0.324 e. The topological polar surface area (TPSA) is 73.3 Å². The molecule has 0 aliphatic heterocycles. The minimum atomic E-state index is -0.163. The fraction of sp³-hybridized carbons (Fsp3) is 0.222. The molecule has 2 N–H and O–H groups in total. The summed E-state index contributed by atoms with van der Waals surface area (Å²) in [4.78, 5) is 15.5. The van der Waals surface area contributed by atoms with Gasteiger partial charge >= 0.3 is 0 Å². The maximum Gasteiger partial charge on any atom is 0.196 e. The van der Waals surface area contributed by atoms with Crippen LogP contribution in [0.1, 0.15) is 16.3 Å². The number of nitrogens with two attached hydrogens (primary N) is 1. The van der Waals surface area contributed by atoms with Gasteiger partial charge in [-0.3, -0.25) is 4.79 Å². The van der Waals surface area contributed by atoms with E-state index < -0.39 is 0 Å². The van der Waals surface area contributed by atoms with Crippen LogP contribution in [-0.4, -0.2) is 26.9 Å². The van der Waals surface area contributed by atoms with Crippen LogP contribution in [0.2, 0.25) is 0 Å². The number of imidazole rings is 1. The molecule has 0 saturated heterocycles. The summed E-state index contributed by atoms with van der Waals surface area (Å²) in [6.07, 6.45) is 1.65. The molecule has 2 heterocycles. The molecule has 0 aliphatic carbocycles. The molecule has 0 spiro atoms. The number of rotatable bonds is 2. The molecule has 0 amide bonds. The lowest BCUT2D eigenvalue weighted by molar-refractivity contribution is 0.0998. The molecule has 0 radical (unpaired) electrons. The van der Waals surface area contributed by atoms with Crippen molar-refractivity contribution in [1.82, 2.24) is 14.6 Å². The number of Topliss-reactive ketones (excluding diaryl/α,β-unsaturated/α-hetero) is 1. The van der Waals surface area contributed by atoms with Gasteiger partial charge in [0.25, 0.3) is 0 Å². The van der Waals surface area contributed by atoms with Gasteiger partial charge in [-0.15, -0.1) is 0 Å². The van der Waals surface area contributed by atoms with Gasteiger partial charge in [0.2, 0.25) is 0 Å². The average Bonchev–Trinajstić information content (AvgIpc) is 2.56. The third-order valence-corrected chi connectivity index (χ3v) is 2.02. The number of hydrogen-bond donors (Lipinski definition) is 1. The highest BCUT2D eigenvalue weighted by molar-refractivity contribution is 6.01. The van der Waals surface area contributed by atoms with Crippen molar-refractivity contribution in [2.24, 2.45) is 5.73 Å². The molecule has 0 atom stereocenters. The first kappa shape index (κ1) is 8.83. The molecular formula is C9H10N4O. The van der Waals surface area contributed by atoms with Crippen molar-refractivity contribution in [1.29, 1.82) is 0 Å². The summed E-state index contributed by atoms with van der Waals surface area (Å²) in [6.45, 7) is 1.77. The number of aromatic nitrogens is 3. The van der Waals surface area contributed by atoms with E-state index in [0.29, 0.717) is 17.0 Å². The average molecular weight is 190 g/mol. The van der Waals surface area contributed by atoms with E-state index in [-0.39, 0.29) is 12.3 Å². The fourth-order valence-corrected chi connectivity index (χ4v) is 1.38. The maximum atomic E-state index is 11.4. The third-order valence-electron chi connectivity index (χ3n) is 2.02. The SMILES string of the molecule is Cc1nc(C(=O)CN)c2cccnn12. The third kappa shape index (κ3) is 1.18. The summed E-state index contributed by atoms with van der Waals surface area (Å²) in [5, 5.41) is 4.08. The van der Waals surface area contributed by atoms with Crippen LogP contribution >= 0.6 is 0 Å². The van der Waals surface area contributed by atoms with E-state index in [1.165, 1.54) is 0 Å². The number of fused-ring (bicyclic) bond motifs is 1. The van der Waals surface area contributed by atoms with E-state index in [2.05, 4.69) is 10.1 Å². The van der Waals surface area contributed by atoms with Crippen LogP contribution in [0, 0.1) is 6.92 Å². The van der Waals surface area contributed by atoms with Crippen LogP contribution in [0.15, 0.2) is 18.3 Å². The van der Waals surface area contributed by atoms with Gasteiger partial charge < -0.3 is 5.73 Å². The number of nitrogens with zero attached hydrogens (tertiary/aromatic N) is 3. The van der Waals surface area contributed by atoms with Crippen LogP contribution in [0.5, 0.6) is 0 Å². The maximum absolute atomic E-state index is 11.4. The number of aryl methyl sites for hydroxylation is 1. The first-order chi connectivity index (χ1) is 6.74. The number of carbonyl (C=O) groups is 1. The molecule has 72 valence electrons. The molecule has 5 heteroatoms. The zero-order valence-corrected chi connectivity index (χ0v) is 7.77. The lowest BCUT2D eigenvalue weighted by atomic mass is 10.2. The van der Waals surface area contributed by atoms with E-state index in [0.717, 1.165) is 0 Å². The summed E-state index contributed by atoms with van der Waals surface area (Å²) in [6, 6.07) is 3.57. The van der Waals surface area contributed by atoms with Crippen molar-refractivity contribution in [3.63, 3.8) is 0 Å². The van der Waals surface area contributed by atoms with Gasteiger partial charge in [-0.1, -0.05) is 0 Å². The molecule has 2 aromatic rings. The van der Waals surface area contributed by atoms with Gasteiger partial charge in [0.1, 0.15) is 11.5 Å². The molecule has 0 unspecified atom stereocenters.